The van der Waals surface area contributed by atoms with Crippen LogP contribution in [0.25, 0.3) is 16.6 Å². The van der Waals surface area contributed by atoms with Crippen molar-refractivity contribution in [1.29, 1.82) is 0 Å². The Hall–Kier alpha value is -3.67. The van der Waals surface area contributed by atoms with Gasteiger partial charge in [0.15, 0.2) is 0 Å². The number of nitrogens with zero attached hydrogens (tertiary/aromatic N) is 3. The van der Waals surface area contributed by atoms with E-state index in [0.29, 0.717) is 17.7 Å². The third kappa shape index (κ3) is 3.65. The van der Waals surface area contributed by atoms with E-state index in [1.54, 1.807) is 6.20 Å². The largest absolute Gasteiger partial charge is 0.382 e. The fourth-order valence-corrected chi connectivity index (χ4v) is 5.27. The fourth-order valence-electron chi connectivity index (χ4n) is 5.27. The van der Waals surface area contributed by atoms with E-state index >= 15 is 0 Å². The predicted molar refractivity (Wildman–Crippen MR) is 130 cm³/mol. The summed E-state index contributed by atoms with van der Waals surface area (Å²) in [5.74, 6) is 1.41. The molecule has 2 aromatic heterocycles. The van der Waals surface area contributed by atoms with Crippen molar-refractivity contribution < 1.29 is 4.79 Å². The van der Waals surface area contributed by atoms with Gasteiger partial charge in [-0.3, -0.25) is 4.79 Å². The van der Waals surface area contributed by atoms with E-state index in [2.05, 4.69) is 22.4 Å². The average Bonchev–Trinajstić information content (AvgIpc) is 3.27. The highest BCUT2D eigenvalue weighted by Gasteiger charge is 2.43. The van der Waals surface area contributed by atoms with Crippen molar-refractivity contribution in [2.24, 2.45) is 5.92 Å². The smallest absolute Gasteiger partial charge is 0.228 e. The van der Waals surface area contributed by atoms with Crippen LogP contribution in [0.1, 0.15) is 55.2 Å². The molecule has 33 heavy (non-hydrogen) atoms. The monoisotopic (exact) mass is 437 g/mol. The molecule has 2 aromatic carbocycles. The molecule has 6 rings (SSSR count). The summed E-state index contributed by atoms with van der Waals surface area (Å²) in [6.07, 6.45) is 7.51. The highest BCUT2D eigenvalue weighted by atomic mass is 16.2. The van der Waals surface area contributed by atoms with E-state index in [0.717, 1.165) is 34.4 Å². The van der Waals surface area contributed by atoms with Crippen LogP contribution < -0.4 is 11.1 Å². The Labute approximate surface area is 192 Å². The summed E-state index contributed by atoms with van der Waals surface area (Å²) < 4.78 is 1.91. The van der Waals surface area contributed by atoms with E-state index in [1.807, 2.05) is 53.2 Å². The van der Waals surface area contributed by atoms with Crippen molar-refractivity contribution in [2.45, 2.75) is 43.9 Å². The predicted octanol–water partition coefficient (Wildman–Crippen LogP) is 5.40. The maximum Gasteiger partial charge on any atom is 0.228 e. The molecule has 3 N–H and O–H groups in total. The molecule has 166 valence electrons. The van der Waals surface area contributed by atoms with Gasteiger partial charge in [0.25, 0.3) is 0 Å². The lowest BCUT2D eigenvalue weighted by atomic mass is 10.0. The summed E-state index contributed by atoms with van der Waals surface area (Å²) in [6, 6.07) is 20.1. The molecular weight excluding hydrogens is 410 g/mol. The van der Waals surface area contributed by atoms with E-state index < -0.39 is 0 Å². The van der Waals surface area contributed by atoms with Crippen molar-refractivity contribution in [3.63, 3.8) is 0 Å². The SMILES string of the molecule is Nc1nccc2c(C3CCCC3)nn(-c3ccc(NC(=O)C4CC4c4ccccc4)cc3)c12. The molecule has 0 aliphatic heterocycles. The average molecular weight is 438 g/mol. The second-order valence-corrected chi connectivity index (χ2v) is 9.27. The van der Waals surface area contributed by atoms with Gasteiger partial charge in [0.2, 0.25) is 5.91 Å². The molecular formula is C27H27N5O. The van der Waals surface area contributed by atoms with Gasteiger partial charge in [0.1, 0.15) is 11.3 Å². The number of aromatic nitrogens is 3. The molecule has 1 amide bonds. The highest BCUT2D eigenvalue weighted by molar-refractivity contribution is 5.95. The van der Waals surface area contributed by atoms with Crippen LogP contribution in [0.15, 0.2) is 66.9 Å². The quantitative estimate of drug-likeness (QED) is 0.438. The number of pyridine rings is 1. The van der Waals surface area contributed by atoms with Crippen molar-refractivity contribution in [1.82, 2.24) is 14.8 Å². The molecule has 4 aromatic rings. The van der Waals surface area contributed by atoms with Crippen molar-refractivity contribution >= 4 is 28.3 Å². The number of benzene rings is 2. The molecule has 2 aliphatic carbocycles. The summed E-state index contributed by atoms with van der Waals surface area (Å²) in [4.78, 5) is 17.0. The first-order chi connectivity index (χ1) is 16.2. The van der Waals surface area contributed by atoms with E-state index in [1.165, 1.54) is 31.2 Å². The van der Waals surface area contributed by atoms with Gasteiger partial charge >= 0.3 is 0 Å². The van der Waals surface area contributed by atoms with Gasteiger partial charge in [0.05, 0.1) is 11.4 Å². The van der Waals surface area contributed by atoms with Crippen LogP contribution in [0.5, 0.6) is 0 Å². The maximum atomic E-state index is 12.7. The molecule has 0 bridgehead atoms. The minimum atomic E-state index is 0.0435. The molecule has 6 nitrogen and oxygen atoms in total. The lowest BCUT2D eigenvalue weighted by Gasteiger charge is -2.08. The molecule has 2 fully saturated rings. The molecule has 0 spiro atoms. The molecule has 2 aliphatic rings. The standard InChI is InChI=1S/C27H27N5O/c28-26-25-21(14-15-29-26)24(18-8-4-5-9-18)31-32(25)20-12-10-19(11-13-20)30-27(33)23-16-22(23)17-6-2-1-3-7-17/h1-3,6-7,10-15,18,22-23H,4-5,8-9,16H2,(H2,28,29)(H,30,33). The summed E-state index contributed by atoms with van der Waals surface area (Å²) in [6.45, 7) is 0. The fraction of sp³-hybridized carbons (Fsp3) is 0.296. The van der Waals surface area contributed by atoms with Crippen LogP contribution in [0, 0.1) is 5.92 Å². The molecule has 6 heteroatoms. The maximum absolute atomic E-state index is 12.7. The normalized spacial score (nSPS) is 20.2. The van der Waals surface area contributed by atoms with Crippen molar-refractivity contribution in [3.05, 3.63) is 78.1 Å². The van der Waals surface area contributed by atoms with Gasteiger partial charge in [-0.05, 0) is 61.1 Å². The van der Waals surface area contributed by atoms with Crippen LogP contribution in [0.2, 0.25) is 0 Å². The van der Waals surface area contributed by atoms with Gasteiger partial charge < -0.3 is 11.1 Å². The molecule has 0 radical (unpaired) electrons. The lowest BCUT2D eigenvalue weighted by molar-refractivity contribution is -0.117. The van der Waals surface area contributed by atoms with E-state index in [9.17, 15) is 4.79 Å². The Kier molecular flexibility index (Phi) is 4.86. The molecule has 2 unspecified atom stereocenters. The number of fused-ring (bicyclic) bond motifs is 1. The van der Waals surface area contributed by atoms with Gasteiger partial charge in [-0.2, -0.15) is 5.10 Å². The number of anilines is 2. The zero-order valence-electron chi connectivity index (χ0n) is 18.4. The second-order valence-electron chi connectivity index (χ2n) is 9.27. The topological polar surface area (TPSA) is 85.8 Å². The third-order valence-corrected chi connectivity index (χ3v) is 7.12. The highest BCUT2D eigenvalue weighted by Crippen LogP contribution is 2.48. The first kappa shape index (κ1) is 20.0. The number of amides is 1. The molecule has 2 saturated carbocycles. The second kappa shape index (κ2) is 8.03. The molecule has 0 saturated heterocycles. The number of nitrogens with two attached hydrogens (primary N) is 1. The molecule has 2 heterocycles. The van der Waals surface area contributed by atoms with Gasteiger partial charge in [-0.15, -0.1) is 0 Å². The number of carbonyl (C=O) groups is 1. The lowest BCUT2D eigenvalue weighted by Crippen LogP contribution is -2.14. The van der Waals surface area contributed by atoms with Crippen molar-refractivity contribution in [3.8, 4) is 5.69 Å². The minimum Gasteiger partial charge on any atom is -0.382 e. The number of carbonyl (C=O) groups excluding carboxylic acids is 1. The summed E-state index contributed by atoms with van der Waals surface area (Å²) in [5, 5.41) is 9.15. The van der Waals surface area contributed by atoms with E-state index in [-0.39, 0.29) is 11.8 Å². The number of nitrogens with one attached hydrogen (secondary N) is 1. The van der Waals surface area contributed by atoms with Gasteiger partial charge in [-0.25, -0.2) is 9.67 Å². The Balaban J connectivity index is 1.23. The zero-order chi connectivity index (χ0) is 22.4. The van der Waals surface area contributed by atoms with Gasteiger partial charge in [0, 0.05) is 29.1 Å². The number of hydrogen-bond donors (Lipinski definition) is 2. The number of nitrogen functional groups attached to an aromatic ring is 1. The third-order valence-electron chi connectivity index (χ3n) is 7.12. The number of hydrogen-bond acceptors (Lipinski definition) is 4. The van der Waals surface area contributed by atoms with Crippen molar-refractivity contribution in [2.75, 3.05) is 11.1 Å². The Morgan fingerprint density at radius 3 is 2.52 bits per heavy atom. The van der Waals surface area contributed by atoms with Crippen LogP contribution in [-0.2, 0) is 4.79 Å². The molecule has 2 atom stereocenters. The Morgan fingerprint density at radius 1 is 1.00 bits per heavy atom. The Bertz CT molecular complexity index is 1310. The first-order valence-corrected chi connectivity index (χ1v) is 11.8. The van der Waals surface area contributed by atoms with Crippen LogP contribution in [0.3, 0.4) is 0 Å². The van der Waals surface area contributed by atoms with Crippen LogP contribution >= 0.6 is 0 Å². The number of rotatable bonds is 5. The minimum absolute atomic E-state index is 0.0435. The van der Waals surface area contributed by atoms with Crippen LogP contribution in [-0.4, -0.2) is 20.7 Å². The Morgan fingerprint density at radius 2 is 1.76 bits per heavy atom. The van der Waals surface area contributed by atoms with Gasteiger partial charge in [-0.1, -0.05) is 43.2 Å². The summed E-state index contributed by atoms with van der Waals surface area (Å²) in [7, 11) is 0. The first-order valence-electron chi connectivity index (χ1n) is 11.8. The van der Waals surface area contributed by atoms with Crippen LogP contribution in [0.4, 0.5) is 11.5 Å². The zero-order valence-corrected chi connectivity index (χ0v) is 18.4. The summed E-state index contributed by atoms with van der Waals surface area (Å²) >= 11 is 0. The van der Waals surface area contributed by atoms with E-state index in [4.69, 9.17) is 10.8 Å². The summed E-state index contributed by atoms with van der Waals surface area (Å²) in [5.41, 5.74) is 11.2.